The number of nitrogens with two attached hydrogens (primary N) is 1. The van der Waals surface area contributed by atoms with Gasteiger partial charge in [-0.05, 0) is 29.7 Å². The number of rotatable bonds is 10. The normalized spacial score (nSPS) is 23.3. The third kappa shape index (κ3) is 5.52. The lowest BCUT2D eigenvalue weighted by atomic mass is 9.85. The van der Waals surface area contributed by atoms with Gasteiger partial charge in [0.1, 0.15) is 12.1 Å². The van der Waals surface area contributed by atoms with Gasteiger partial charge in [-0.2, -0.15) is 0 Å². The van der Waals surface area contributed by atoms with Crippen molar-refractivity contribution in [3.8, 4) is 0 Å². The maximum absolute atomic E-state index is 14.7. The summed E-state index contributed by atoms with van der Waals surface area (Å²) in [5, 5.41) is 1.01. The Morgan fingerprint density at radius 1 is 0.891 bits per heavy atom. The summed E-state index contributed by atoms with van der Waals surface area (Å²) in [4.78, 5) is 31.2. The molecule has 0 aliphatic carbocycles. The Balaban J connectivity index is 1.13. The molecule has 7 rings (SSSR count). The molecule has 3 N–H and O–H groups in total. The van der Waals surface area contributed by atoms with Gasteiger partial charge in [0.15, 0.2) is 0 Å². The van der Waals surface area contributed by atoms with E-state index in [-0.39, 0.29) is 6.10 Å². The standard InChI is InChI=1S/C38H44N3O5/c1-26(44-36(42)34(39)22-27-25-40-35-17-9-8-16-33(27)35)46-38(28-12-4-2-5-13-28,29-14-6-3-7-15-29)37(43)45-32-23-30-18-19-31(24-32)41(30)20-10-11-21-41/h2-9,12-17,25-26,30-32,34,40H,10-11,18-24,39H2,1H3/q+1/t26-,30?,31?,32?,34-/m0/s1. The highest BCUT2D eigenvalue weighted by molar-refractivity contribution is 5.86. The summed E-state index contributed by atoms with van der Waals surface area (Å²) in [7, 11) is 0. The van der Waals surface area contributed by atoms with Crippen LogP contribution in [-0.4, -0.2) is 65.0 Å². The fraction of sp³-hybridized carbons (Fsp3) is 0.421. The number of fused-ring (bicyclic) bond motifs is 1. The van der Waals surface area contributed by atoms with Gasteiger partial charge in [-0.1, -0.05) is 78.9 Å². The van der Waals surface area contributed by atoms with Crippen molar-refractivity contribution in [2.24, 2.45) is 5.73 Å². The van der Waals surface area contributed by atoms with E-state index >= 15 is 0 Å². The van der Waals surface area contributed by atoms with Gasteiger partial charge in [0.05, 0.1) is 25.2 Å². The molecule has 3 fully saturated rings. The molecule has 3 saturated heterocycles. The van der Waals surface area contributed by atoms with Crippen molar-refractivity contribution < 1.29 is 28.3 Å². The number of aromatic amines is 1. The predicted molar refractivity (Wildman–Crippen MR) is 175 cm³/mol. The molecule has 4 aromatic rings. The van der Waals surface area contributed by atoms with Crippen LogP contribution < -0.4 is 5.73 Å². The number of esters is 2. The lowest BCUT2D eigenvalue weighted by molar-refractivity contribution is -0.956. The zero-order valence-electron chi connectivity index (χ0n) is 26.5. The summed E-state index contributed by atoms with van der Waals surface area (Å²) in [6.07, 6.45) is 7.59. The first-order valence-corrected chi connectivity index (χ1v) is 16.8. The van der Waals surface area contributed by atoms with E-state index < -0.39 is 29.9 Å². The minimum absolute atomic E-state index is 0.188. The molecule has 0 amide bonds. The molecule has 0 saturated carbocycles. The molecule has 4 atom stereocenters. The number of nitrogens with zero attached hydrogens (tertiary/aromatic N) is 1. The first-order valence-electron chi connectivity index (χ1n) is 16.8. The highest BCUT2D eigenvalue weighted by atomic mass is 16.7. The van der Waals surface area contributed by atoms with Crippen LogP contribution >= 0.6 is 0 Å². The minimum atomic E-state index is -1.65. The highest BCUT2D eigenvalue weighted by Crippen LogP contribution is 2.47. The highest BCUT2D eigenvalue weighted by Gasteiger charge is 2.57. The van der Waals surface area contributed by atoms with E-state index in [2.05, 4.69) is 4.98 Å². The van der Waals surface area contributed by atoms with Crippen LogP contribution in [0.5, 0.6) is 0 Å². The average molecular weight is 623 g/mol. The van der Waals surface area contributed by atoms with Crippen molar-refractivity contribution in [2.75, 3.05) is 13.1 Å². The van der Waals surface area contributed by atoms with Gasteiger partial charge >= 0.3 is 11.9 Å². The Morgan fingerprint density at radius 2 is 1.48 bits per heavy atom. The smallest absolute Gasteiger partial charge is 0.348 e. The molecule has 1 aromatic heterocycles. The Labute approximate surface area is 270 Å². The van der Waals surface area contributed by atoms with Crippen LogP contribution in [0.2, 0.25) is 0 Å². The first-order chi connectivity index (χ1) is 22.4. The molecule has 2 unspecified atom stereocenters. The Bertz CT molecular complexity index is 1610. The summed E-state index contributed by atoms with van der Waals surface area (Å²) in [6, 6.07) is 26.8. The summed E-state index contributed by atoms with van der Waals surface area (Å²) in [5.74, 6) is -1.10. The fourth-order valence-corrected chi connectivity index (χ4v) is 8.62. The largest absolute Gasteiger partial charge is 0.459 e. The van der Waals surface area contributed by atoms with Crippen molar-refractivity contribution >= 4 is 22.8 Å². The molecule has 4 heterocycles. The third-order valence-corrected chi connectivity index (χ3v) is 10.7. The minimum Gasteiger partial charge on any atom is -0.459 e. The molecular formula is C38H44N3O5+. The van der Waals surface area contributed by atoms with E-state index in [1.165, 1.54) is 43.3 Å². The van der Waals surface area contributed by atoms with Crippen molar-refractivity contribution in [1.82, 2.24) is 4.98 Å². The SMILES string of the molecule is C[C@@H](OC(=O)[C@@H](N)Cc1c[nH]c2ccccc12)OC(C(=O)OC1CC2CCC(C1)[N+]21CCCC1)(c1ccccc1)c1ccccc1. The monoisotopic (exact) mass is 622 g/mol. The second-order valence-electron chi connectivity index (χ2n) is 13.3. The number of hydrogen-bond donors (Lipinski definition) is 2. The van der Waals surface area contributed by atoms with Crippen LogP contribution in [0.4, 0.5) is 0 Å². The van der Waals surface area contributed by atoms with Crippen molar-refractivity contribution in [3.63, 3.8) is 0 Å². The Morgan fingerprint density at radius 3 is 2.11 bits per heavy atom. The topological polar surface area (TPSA) is 104 Å². The zero-order chi connectivity index (χ0) is 31.7. The van der Waals surface area contributed by atoms with Crippen LogP contribution in [0.3, 0.4) is 0 Å². The maximum atomic E-state index is 14.7. The summed E-state index contributed by atoms with van der Waals surface area (Å²) >= 11 is 0. The lowest BCUT2D eigenvalue weighted by Gasteiger charge is -2.47. The van der Waals surface area contributed by atoms with E-state index in [1.54, 1.807) is 6.92 Å². The number of benzene rings is 3. The van der Waals surface area contributed by atoms with Crippen LogP contribution in [0, 0.1) is 0 Å². The number of H-pyrrole nitrogens is 1. The maximum Gasteiger partial charge on any atom is 0.348 e. The molecule has 8 heteroatoms. The van der Waals surface area contributed by atoms with Gasteiger partial charge in [0.2, 0.25) is 11.9 Å². The van der Waals surface area contributed by atoms with Crippen molar-refractivity contribution in [2.45, 2.75) is 88.0 Å². The molecule has 46 heavy (non-hydrogen) atoms. The molecule has 0 radical (unpaired) electrons. The number of carbonyl (C=O) groups excluding carboxylic acids is 2. The van der Waals surface area contributed by atoms with Gasteiger partial charge in [-0.3, -0.25) is 4.79 Å². The van der Waals surface area contributed by atoms with Gasteiger partial charge in [-0.25, -0.2) is 4.79 Å². The van der Waals surface area contributed by atoms with Gasteiger partial charge in [0, 0.05) is 62.0 Å². The Hall–Kier alpha value is -3.98. The number of ether oxygens (including phenoxy) is 3. The number of aromatic nitrogens is 1. The number of hydrogen-bond acceptors (Lipinski definition) is 6. The number of carbonyl (C=O) groups is 2. The Kier molecular flexibility index (Phi) is 8.44. The first kappa shape index (κ1) is 30.7. The summed E-state index contributed by atoms with van der Waals surface area (Å²) < 4.78 is 20.1. The molecule has 3 aromatic carbocycles. The van der Waals surface area contributed by atoms with Crippen LogP contribution in [0.15, 0.2) is 91.1 Å². The van der Waals surface area contributed by atoms with E-state index in [9.17, 15) is 9.59 Å². The van der Waals surface area contributed by atoms with Gasteiger partial charge in [0.25, 0.3) is 0 Å². The third-order valence-electron chi connectivity index (χ3n) is 10.7. The second-order valence-corrected chi connectivity index (χ2v) is 13.3. The van der Waals surface area contributed by atoms with Crippen LogP contribution in [-0.2, 0) is 35.8 Å². The van der Waals surface area contributed by atoms with E-state index in [4.69, 9.17) is 19.9 Å². The second kappa shape index (κ2) is 12.7. The van der Waals surface area contributed by atoms with Crippen LogP contribution in [0.25, 0.3) is 10.9 Å². The summed E-state index contributed by atoms with van der Waals surface area (Å²) in [6.45, 7) is 4.14. The van der Waals surface area contributed by atoms with Crippen LogP contribution in [0.1, 0.15) is 62.1 Å². The van der Waals surface area contributed by atoms with E-state index in [1.807, 2.05) is 91.1 Å². The van der Waals surface area contributed by atoms with Crippen molar-refractivity contribution in [1.29, 1.82) is 0 Å². The molecule has 2 bridgehead atoms. The average Bonchev–Trinajstić information content (AvgIpc) is 3.77. The molecule has 3 aliphatic heterocycles. The number of piperidine rings is 1. The zero-order valence-corrected chi connectivity index (χ0v) is 26.5. The quantitative estimate of drug-likeness (QED) is 0.133. The molecule has 8 nitrogen and oxygen atoms in total. The van der Waals surface area contributed by atoms with Gasteiger partial charge < -0.3 is 29.4 Å². The lowest BCUT2D eigenvalue weighted by Crippen LogP contribution is -2.60. The predicted octanol–water partition coefficient (Wildman–Crippen LogP) is 5.73. The van der Waals surface area contributed by atoms with Gasteiger partial charge in [-0.15, -0.1) is 0 Å². The molecule has 1 spiro atoms. The number of nitrogens with one attached hydrogen (secondary N) is 1. The number of quaternary nitrogens is 1. The molecular weight excluding hydrogens is 578 g/mol. The number of para-hydroxylation sites is 1. The summed E-state index contributed by atoms with van der Waals surface area (Å²) in [5.41, 5.74) is 7.84. The van der Waals surface area contributed by atoms with E-state index in [0.717, 1.165) is 29.3 Å². The molecule has 3 aliphatic rings. The molecule has 240 valence electrons. The van der Waals surface area contributed by atoms with E-state index in [0.29, 0.717) is 29.6 Å². The van der Waals surface area contributed by atoms with Crippen molar-refractivity contribution in [3.05, 3.63) is 108 Å². The fourth-order valence-electron chi connectivity index (χ4n) is 8.62.